The number of hydrogen-bond acceptors (Lipinski definition) is 3. The molecule has 74 valence electrons. The van der Waals surface area contributed by atoms with Gasteiger partial charge < -0.3 is 10.1 Å². The van der Waals surface area contributed by atoms with Gasteiger partial charge in [-0.15, -0.1) is 0 Å². The maximum absolute atomic E-state index is 11.4. The van der Waals surface area contributed by atoms with Crippen molar-refractivity contribution < 1.29 is 14.3 Å². The summed E-state index contributed by atoms with van der Waals surface area (Å²) >= 11 is 0. The van der Waals surface area contributed by atoms with Crippen LogP contribution in [0.4, 0.5) is 0 Å². The predicted octanol–water partition coefficient (Wildman–Crippen LogP) is 0.466. The summed E-state index contributed by atoms with van der Waals surface area (Å²) in [6, 6.07) is 0. The molecule has 0 spiro atoms. The highest BCUT2D eigenvalue weighted by atomic mass is 16.5. The molecule has 1 rings (SSSR count). The first-order valence-electron chi connectivity index (χ1n) is 4.57. The Morgan fingerprint density at radius 2 is 2.38 bits per heavy atom. The van der Waals surface area contributed by atoms with Crippen LogP contribution in [0.5, 0.6) is 0 Å². The van der Waals surface area contributed by atoms with Crippen molar-refractivity contribution in [1.82, 2.24) is 5.32 Å². The van der Waals surface area contributed by atoms with Gasteiger partial charge in [-0.3, -0.25) is 9.59 Å². The fraction of sp³-hybridized carbons (Fsp3) is 0.778. The quantitative estimate of drug-likeness (QED) is 0.502. The Morgan fingerprint density at radius 1 is 1.69 bits per heavy atom. The zero-order valence-electron chi connectivity index (χ0n) is 8.05. The number of nitrogens with one attached hydrogen (secondary N) is 1. The van der Waals surface area contributed by atoms with E-state index in [2.05, 4.69) is 5.32 Å². The molecule has 1 atom stereocenters. The third-order valence-corrected chi connectivity index (χ3v) is 2.37. The lowest BCUT2D eigenvalue weighted by molar-refractivity contribution is -0.161. The zero-order chi connectivity index (χ0) is 9.90. The van der Waals surface area contributed by atoms with Crippen LogP contribution in [0, 0.1) is 5.41 Å². The number of piperidine rings is 1. The van der Waals surface area contributed by atoms with Crippen LogP contribution in [0.25, 0.3) is 0 Å². The van der Waals surface area contributed by atoms with E-state index in [0.717, 1.165) is 6.42 Å². The lowest BCUT2D eigenvalue weighted by atomic mass is 9.82. The average Bonchev–Trinajstić information content (AvgIpc) is 2.11. The number of hydrogen-bond donors (Lipinski definition) is 1. The molecular formula is C9H15NO3. The Morgan fingerprint density at radius 3 is 2.92 bits per heavy atom. The summed E-state index contributed by atoms with van der Waals surface area (Å²) < 4.78 is 4.86. The van der Waals surface area contributed by atoms with E-state index >= 15 is 0 Å². The molecule has 1 N–H and O–H groups in total. The molecule has 1 saturated heterocycles. The first-order valence-corrected chi connectivity index (χ1v) is 4.57. The Labute approximate surface area is 77.6 Å². The van der Waals surface area contributed by atoms with Gasteiger partial charge in [-0.1, -0.05) is 0 Å². The second kappa shape index (κ2) is 3.77. The molecule has 4 nitrogen and oxygen atoms in total. The van der Waals surface area contributed by atoms with Crippen LogP contribution in [0.2, 0.25) is 0 Å². The molecule has 0 aliphatic carbocycles. The summed E-state index contributed by atoms with van der Waals surface area (Å²) in [6.45, 7) is 4.36. The van der Waals surface area contributed by atoms with Crippen molar-refractivity contribution in [2.45, 2.75) is 26.7 Å². The lowest BCUT2D eigenvalue weighted by Crippen LogP contribution is -2.49. The molecule has 1 aliphatic heterocycles. The topological polar surface area (TPSA) is 55.4 Å². The van der Waals surface area contributed by atoms with Gasteiger partial charge >= 0.3 is 5.97 Å². The molecule has 0 aromatic heterocycles. The van der Waals surface area contributed by atoms with Crippen LogP contribution >= 0.6 is 0 Å². The molecule has 1 fully saturated rings. The number of carbonyl (C=O) groups is 2. The SMILES string of the molecule is CCOC(=O)[C@]1(C)CCCNC1=O. The van der Waals surface area contributed by atoms with Gasteiger partial charge in [0.1, 0.15) is 5.41 Å². The van der Waals surface area contributed by atoms with Crippen LogP contribution < -0.4 is 5.32 Å². The van der Waals surface area contributed by atoms with Gasteiger partial charge in [-0.2, -0.15) is 0 Å². The standard InChI is InChI=1S/C9H15NO3/c1-3-13-8(12)9(2)5-4-6-10-7(9)11/h3-6H2,1-2H3,(H,10,11)/t9-/m1/s1. The van der Waals surface area contributed by atoms with Gasteiger partial charge in [-0.25, -0.2) is 0 Å². The molecule has 1 amide bonds. The van der Waals surface area contributed by atoms with Crippen LogP contribution in [0.15, 0.2) is 0 Å². The molecule has 0 aromatic rings. The number of esters is 1. The maximum atomic E-state index is 11.4. The molecule has 0 aromatic carbocycles. The summed E-state index contributed by atoms with van der Waals surface area (Å²) in [5, 5.41) is 2.67. The van der Waals surface area contributed by atoms with Gasteiger partial charge in [-0.05, 0) is 26.7 Å². The van der Waals surface area contributed by atoms with E-state index < -0.39 is 11.4 Å². The highest BCUT2D eigenvalue weighted by Crippen LogP contribution is 2.27. The van der Waals surface area contributed by atoms with E-state index in [-0.39, 0.29) is 5.91 Å². The highest BCUT2D eigenvalue weighted by molar-refractivity contribution is 6.02. The molecule has 1 aliphatic rings. The van der Waals surface area contributed by atoms with Gasteiger partial charge in [0.15, 0.2) is 0 Å². The van der Waals surface area contributed by atoms with E-state index in [1.54, 1.807) is 13.8 Å². The summed E-state index contributed by atoms with van der Waals surface area (Å²) in [5.41, 5.74) is -0.964. The van der Waals surface area contributed by atoms with Crippen LogP contribution in [-0.4, -0.2) is 25.0 Å². The monoisotopic (exact) mass is 185 g/mol. The number of amides is 1. The molecule has 4 heteroatoms. The number of ether oxygens (including phenoxy) is 1. The second-order valence-electron chi connectivity index (χ2n) is 3.41. The Balaban J connectivity index is 2.71. The first kappa shape index (κ1) is 10.0. The minimum Gasteiger partial charge on any atom is -0.465 e. The normalized spacial score (nSPS) is 28.0. The maximum Gasteiger partial charge on any atom is 0.321 e. The number of carbonyl (C=O) groups excluding carboxylic acids is 2. The second-order valence-corrected chi connectivity index (χ2v) is 3.41. The molecule has 0 bridgehead atoms. The smallest absolute Gasteiger partial charge is 0.321 e. The fourth-order valence-electron chi connectivity index (χ4n) is 1.44. The van der Waals surface area contributed by atoms with Gasteiger partial charge in [0.25, 0.3) is 0 Å². The van der Waals surface area contributed by atoms with E-state index in [1.807, 2.05) is 0 Å². The minimum atomic E-state index is -0.964. The Kier molecular flexibility index (Phi) is 2.90. The first-order chi connectivity index (χ1) is 6.11. The molecule has 0 saturated carbocycles. The van der Waals surface area contributed by atoms with Gasteiger partial charge in [0, 0.05) is 6.54 Å². The van der Waals surface area contributed by atoms with Crippen molar-refractivity contribution in [3.8, 4) is 0 Å². The third kappa shape index (κ3) is 1.82. The predicted molar refractivity (Wildman–Crippen MR) is 47.0 cm³/mol. The van der Waals surface area contributed by atoms with Crippen molar-refractivity contribution in [2.24, 2.45) is 5.41 Å². The summed E-state index contributed by atoms with van der Waals surface area (Å²) in [4.78, 5) is 22.9. The van der Waals surface area contributed by atoms with Crippen molar-refractivity contribution in [1.29, 1.82) is 0 Å². The van der Waals surface area contributed by atoms with E-state index in [4.69, 9.17) is 4.74 Å². The average molecular weight is 185 g/mol. The van der Waals surface area contributed by atoms with Crippen LogP contribution in [-0.2, 0) is 14.3 Å². The summed E-state index contributed by atoms with van der Waals surface area (Å²) in [6.07, 6.45) is 1.42. The van der Waals surface area contributed by atoms with Crippen molar-refractivity contribution >= 4 is 11.9 Å². The van der Waals surface area contributed by atoms with Crippen LogP contribution in [0.1, 0.15) is 26.7 Å². The molecule has 0 radical (unpaired) electrons. The van der Waals surface area contributed by atoms with Crippen LogP contribution in [0.3, 0.4) is 0 Å². The number of rotatable bonds is 2. The van der Waals surface area contributed by atoms with Crippen molar-refractivity contribution in [3.63, 3.8) is 0 Å². The third-order valence-electron chi connectivity index (χ3n) is 2.37. The van der Waals surface area contributed by atoms with Crippen molar-refractivity contribution in [3.05, 3.63) is 0 Å². The van der Waals surface area contributed by atoms with E-state index in [0.29, 0.717) is 19.6 Å². The molecular weight excluding hydrogens is 170 g/mol. The van der Waals surface area contributed by atoms with E-state index in [1.165, 1.54) is 0 Å². The minimum absolute atomic E-state index is 0.211. The summed E-state index contributed by atoms with van der Waals surface area (Å²) in [7, 11) is 0. The highest BCUT2D eigenvalue weighted by Gasteiger charge is 2.43. The Bertz CT molecular complexity index is 227. The van der Waals surface area contributed by atoms with Gasteiger partial charge in [0.05, 0.1) is 6.61 Å². The fourth-order valence-corrected chi connectivity index (χ4v) is 1.44. The summed E-state index contributed by atoms with van der Waals surface area (Å²) in [5.74, 6) is -0.621. The molecule has 13 heavy (non-hydrogen) atoms. The Hall–Kier alpha value is -1.06. The molecule has 1 heterocycles. The zero-order valence-corrected chi connectivity index (χ0v) is 8.05. The largest absolute Gasteiger partial charge is 0.465 e. The van der Waals surface area contributed by atoms with Gasteiger partial charge in [0.2, 0.25) is 5.91 Å². The molecule has 0 unspecified atom stereocenters. The lowest BCUT2D eigenvalue weighted by Gasteiger charge is -2.29. The van der Waals surface area contributed by atoms with E-state index in [9.17, 15) is 9.59 Å². The van der Waals surface area contributed by atoms with Crippen molar-refractivity contribution in [2.75, 3.05) is 13.2 Å².